The third kappa shape index (κ3) is 4.54. The summed E-state index contributed by atoms with van der Waals surface area (Å²) in [6.07, 6.45) is 3.13. The number of hydrogen-bond acceptors (Lipinski definition) is 5. The maximum atomic E-state index is 12.6. The first-order chi connectivity index (χ1) is 13.0. The monoisotopic (exact) mass is 409 g/mol. The predicted molar refractivity (Wildman–Crippen MR) is 105 cm³/mol. The van der Waals surface area contributed by atoms with Crippen molar-refractivity contribution in [2.75, 3.05) is 32.9 Å². The van der Waals surface area contributed by atoms with Gasteiger partial charge in [0.25, 0.3) is 5.78 Å². The van der Waals surface area contributed by atoms with Crippen LogP contribution in [0.4, 0.5) is 0 Å². The second-order valence-corrected chi connectivity index (χ2v) is 7.16. The second-order valence-electron chi connectivity index (χ2n) is 6.31. The molecule has 0 amide bonds. The first-order valence-corrected chi connectivity index (χ1v) is 9.70. The molecule has 1 saturated heterocycles. The number of morpholine rings is 1. The zero-order valence-electron chi connectivity index (χ0n) is 15.1. The molecule has 1 aromatic rings. The number of carbonyl (C=O) groups excluding carboxylic acids is 2. The lowest BCUT2D eigenvalue weighted by Gasteiger charge is -2.31. The molecule has 0 unspecified atom stereocenters. The average molecular weight is 410 g/mol. The van der Waals surface area contributed by atoms with E-state index in [0.29, 0.717) is 54.8 Å². The summed E-state index contributed by atoms with van der Waals surface area (Å²) in [5, 5.41) is 1.11. The second kappa shape index (κ2) is 8.91. The summed E-state index contributed by atoms with van der Waals surface area (Å²) in [7, 11) is 0. The molecule has 0 spiro atoms. The smallest absolute Gasteiger partial charge is 0.379 e. The minimum Gasteiger partial charge on any atom is -0.460 e. The Labute approximate surface area is 168 Å². The molecule has 1 fully saturated rings. The molecule has 1 aliphatic heterocycles. The van der Waals surface area contributed by atoms with Gasteiger partial charge in [-0.15, -0.1) is 0 Å². The molecule has 27 heavy (non-hydrogen) atoms. The summed E-state index contributed by atoms with van der Waals surface area (Å²) >= 11 is 12.3. The molecule has 0 N–H and O–H groups in total. The highest BCUT2D eigenvalue weighted by Crippen LogP contribution is 2.37. The summed E-state index contributed by atoms with van der Waals surface area (Å²) in [5.74, 6) is -1.37. The lowest BCUT2D eigenvalue weighted by Crippen LogP contribution is -2.37. The van der Waals surface area contributed by atoms with Crippen LogP contribution < -0.4 is 0 Å². The van der Waals surface area contributed by atoms with Crippen molar-refractivity contribution in [3.05, 3.63) is 50.7 Å². The maximum Gasteiger partial charge on any atom is 0.379 e. The summed E-state index contributed by atoms with van der Waals surface area (Å²) in [6.45, 7) is 4.36. The quantitative estimate of drug-likeness (QED) is 0.545. The zero-order valence-corrected chi connectivity index (χ0v) is 16.6. The van der Waals surface area contributed by atoms with E-state index in [2.05, 4.69) is 4.90 Å². The van der Waals surface area contributed by atoms with Crippen LogP contribution in [-0.4, -0.2) is 49.6 Å². The number of allylic oxidation sites excluding steroid dienone is 1. The van der Waals surface area contributed by atoms with Crippen molar-refractivity contribution in [1.82, 2.24) is 4.90 Å². The van der Waals surface area contributed by atoms with Crippen LogP contribution >= 0.6 is 23.2 Å². The number of nitrogens with zero attached hydrogens (tertiary/aromatic N) is 1. The zero-order chi connectivity index (χ0) is 19.4. The third-order valence-electron chi connectivity index (χ3n) is 4.59. The molecule has 0 bridgehead atoms. The summed E-state index contributed by atoms with van der Waals surface area (Å²) in [4.78, 5) is 26.8. The van der Waals surface area contributed by atoms with E-state index in [1.807, 2.05) is 12.1 Å². The van der Waals surface area contributed by atoms with E-state index in [9.17, 15) is 9.59 Å². The number of rotatable bonds is 5. The van der Waals surface area contributed by atoms with E-state index < -0.39 is 11.8 Å². The van der Waals surface area contributed by atoms with Gasteiger partial charge in [-0.05, 0) is 49.1 Å². The van der Waals surface area contributed by atoms with Crippen molar-refractivity contribution in [2.24, 2.45) is 0 Å². The van der Waals surface area contributed by atoms with Crippen LogP contribution in [0.5, 0.6) is 0 Å². The highest BCUT2D eigenvalue weighted by Gasteiger charge is 2.33. The molecule has 3 rings (SSSR count). The van der Waals surface area contributed by atoms with Gasteiger partial charge in [0, 0.05) is 34.4 Å². The van der Waals surface area contributed by atoms with Gasteiger partial charge in [0.1, 0.15) is 0 Å². The van der Waals surface area contributed by atoms with Crippen LogP contribution in [0.3, 0.4) is 0 Å². The van der Waals surface area contributed by atoms with Gasteiger partial charge in [-0.3, -0.25) is 4.79 Å². The van der Waals surface area contributed by atoms with Crippen LogP contribution in [0.2, 0.25) is 10.0 Å². The highest BCUT2D eigenvalue weighted by atomic mass is 35.5. The molecular formula is C20H21Cl2NO4. The number of halogens is 2. The van der Waals surface area contributed by atoms with Gasteiger partial charge in [-0.25, -0.2) is 4.79 Å². The van der Waals surface area contributed by atoms with Gasteiger partial charge in [0.2, 0.25) is 0 Å². The lowest BCUT2D eigenvalue weighted by atomic mass is 10.1. The van der Waals surface area contributed by atoms with E-state index in [0.717, 1.165) is 16.8 Å². The first-order valence-electron chi connectivity index (χ1n) is 8.94. The molecule has 5 nitrogen and oxygen atoms in total. The van der Waals surface area contributed by atoms with Crippen molar-refractivity contribution < 1.29 is 19.1 Å². The predicted octanol–water partition coefficient (Wildman–Crippen LogP) is 3.89. The Balaban J connectivity index is 2.01. The van der Waals surface area contributed by atoms with Crippen LogP contribution in [0.25, 0.3) is 6.08 Å². The Morgan fingerprint density at radius 3 is 2.63 bits per heavy atom. The topological polar surface area (TPSA) is 55.8 Å². The molecule has 0 atom stereocenters. The Morgan fingerprint density at radius 2 is 1.96 bits per heavy atom. The Hall–Kier alpha value is -1.82. The molecule has 0 radical (unpaired) electrons. The van der Waals surface area contributed by atoms with Gasteiger partial charge in [0.05, 0.1) is 19.8 Å². The Morgan fingerprint density at radius 1 is 1.22 bits per heavy atom. The van der Waals surface area contributed by atoms with E-state index in [1.54, 1.807) is 19.1 Å². The summed E-state index contributed by atoms with van der Waals surface area (Å²) < 4.78 is 10.3. The Kier molecular flexibility index (Phi) is 6.58. The van der Waals surface area contributed by atoms with E-state index in [-0.39, 0.29) is 6.61 Å². The van der Waals surface area contributed by atoms with Gasteiger partial charge in [-0.2, -0.15) is 0 Å². The number of carbonyl (C=O) groups is 2. The van der Waals surface area contributed by atoms with Gasteiger partial charge < -0.3 is 14.4 Å². The molecule has 0 saturated carbocycles. The molecule has 7 heteroatoms. The number of hydrogen-bond donors (Lipinski definition) is 0. The van der Waals surface area contributed by atoms with Crippen molar-refractivity contribution in [1.29, 1.82) is 0 Å². The van der Waals surface area contributed by atoms with Crippen molar-refractivity contribution >= 4 is 41.0 Å². The molecule has 1 aliphatic carbocycles. The highest BCUT2D eigenvalue weighted by molar-refractivity contribution is 6.41. The van der Waals surface area contributed by atoms with E-state index in [1.165, 1.54) is 0 Å². The maximum absolute atomic E-state index is 12.6. The fourth-order valence-corrected chi connectivity index (χ4v) is 3.82. The van der Waals surface area contributed by atoms with Crippen LogP contribution in [-0.2, 0) is 19.1 Å². The average Bonchev–Trinajstić information content (AvgIpc) is 3.08. The lowest BCUT2D eigenvalue weighted by molar-refractivity contribution is -0.151. The molecule has 0 aromatic heterocycles. The van der Waals surface area contributed by atoms with Crippen LogP contribution in [0.15, 0.2) is 35.0 Å². The van der Waals surface area contributed by atoms with Gasteiger partial charge in [0.15, 0.2) is 0 Å². The minimum absolute atomic E-state index is 0.174. The number of benzene rings is 1. The molecule has 1 aromatic carbocycles. The molecule has 144 valence electrons. The first kappa shape index (κ1) is 19.9. The SMILES string of the molecule is CCOC(=O)C(=O)C1=C(N2CCOCC2)/C(=C\c2ccc(Cl)cc2Cl)CC1. The third-order valence-corrected chi connectivity index (χ3v) is 5.15. The van der Waals surface area contributed by atoms with E-state index >= 15 is 0 Å². The largest absolute Gasteiger partial charge is 0.460 e. The number of ketones is 1. The Bertz CT molecular complexity index is 810. The number of Topliss-reactive ketones (excluding diaryl/α,β-unsaturated/α-hetero) is 1. The van der Waals surface area contributed by atoms with Crippen molar-refractivity contribution in [3.63, 3.8) is 0 Å². The van der Waals surface area contributed by atoms with Crippen molar-refractivity contribution in [3.8, 4) is 0 Å². The number of esters is 1. The standard InChI is InChI=1S/C20H21Cl2NO4/c1-2-27-20(25)19(24)16-6-4-14(18(16)23-7-9-26-10-8-23)11-13-3-5-15(21)12-17(13)22/h3,5,11-12H,2,4,6-10H2,1H3/b14-11-. The normalized spacial score (nSPS) is 18.9. The molecule has 2 aliphatic rings. The van der Waals surface area contributed by atoms with Crippen LogP contribution in [0, 0.1) is 0 Å². The minimum atomic E-state index is -0.802. The molecular weight excluding hydrogens is 389 g/mol. The van der Waals surface area contributed by atoms with Gasteiger partial charge in [-0.1, -0.05) is 29.3 Å². The molecule has 1 heterocycles. The number of ether oxygens (including phenoxy) is 2. The van der Waals surface area contributed by atoms with Gasteiger partial charge >= 0.3 is 5.97 Å². The van der Waals surface area contributed by atoms with Crippen LogP contribution in [0.1, 0.15) is 25.3 Å². The fraction of sp³-hybridized carbons (Fsp3) is 0.400. The summed E-state index contributed by atoms with van der Waals surface area (Å²) in [6, 6.07) is 5.31. The summed E-state index contributed by atoms with van der Waals surface area (Å²) in [5.41, 5.74) is 3.12. The van der Waals surface area contributed by atoms with E-state index in [4.69, 9.17) is 32.7 Å². The van der Waals surface area contributed by atoms with Crippen molar-refractivity contribution in [2.45, 2.75) is 19.8 Å². The fourth-order valence-electron chi connectivity index (χ4n) is 3.36.